The predicted molar refractivity (Wildman–Crippen MR) is 54.0 cm³/mol. The lowest BCUT2D eigenvalue weighted by Crippen LogP contribution is -2.16. The molecule has 0 radical (unpaired) electrons. The molecule has 0 amide bonds. The summed E-state index contributed by atoms with van der Waals surface area (Å²) in [5.41, 5.74) is 2.05. The van der Waals surface area contributed by atoms with Gasteiger partial charge < -0.3 is 10.1 Å². The normalized spacial score (nSPS) is 14.8. The standard InChI is InChI=1S/C9H11N3O4/c13-7-3-6(12-16-4-8(14)15)10-9(11-7)5-1-2-5/h3,5H,1-2,4H2,(H,14,15)(H2,10,11,12,13). The van der Waals surface area contributed by atoms with Crippen molar-refractivity contribution in [3.8, 4) is 0 Å². The first-order valence-electron chi connectivity index (χ1n) is 4.86. The van der Waals surface area contributed by atoms with Gasteiger partial charge in [0.05, 0.1) is 0 Å². The third-order valence-electron chi connectivity index (χ3n) is 2.10. The van der Waals surface area contributed by atoms with E-state index in [1.807, 2.05) is 0 Å². The Morgan fingerprint density at radius 3 is 3.06 bits per heavy atom. The van der Waals surface area contributed by atoms with Crippen LogP contribution in [0, 0.1) is 0 Å². The fourth-order valence-corrected chi connectivity index (χ4v) is 1.25. The first-order valence-corrected chi connectivity index (χ1v) is 4.86. The van der Waals surface area contributed by atoms with Gasteiger partial charge in [0.25, 0.3) is 5.56 Å². The van der Waals surface area contributed by atoms with Gasteiger partial charge in [-0.05, 0) is 12.8 Å². The average Bonchev–Trinajstić information content (AvgIpc) is 2.99. The first-order chi connectivity index (χ1) is 7.65. The molecular formula is C9H11N3O4. The van der Waals surface area contributed by atoms with E-state index in [1.54, 1.807) is 0 Å². The number of nitrogens with one attached hydrogen (secondary N) is 2. The maximum absolute atomic E-state index is 11.2. The molecule has 0 aromatic carbocycles. The van der Waals surface area contributed by atoms with Crippen LogP contribution in [0.2, 0.25) is 0 Å². The summed E-state index contributed by atoms with van der Waals surface area (Å²) in [6, 6.07) is 1.22. The lowest BCUT2D eigenvalue weighted by molar-refractivity contribution is -0.141. The van der Waals surface area contributed by atoms with Crippen molar-refractivity contribution in [1.82, 2.24) is 9.97 Å². The van der Waals surface area contributed by atoms with Crippen LogP contribution in [0.25, 0.3) is 0 Å². The van der Waals surface area contributed by atoms with Crippen LogP contribution in [-0.2, 0) is 9.63 Å². The molecule has 7 nitrogen and oxygen atoms in total. The number of nitrogens with zero attached hydrogens (tertiary/aromatic N) is 1. The highest BCUT2D eigenvalue weighted by atomic mass is 16.7. The molecule has 1 aliphatic carbocycles. The summed E-state index contributed by atoms with van der Waals surface area (Å²) in [5.74, 6) is 0.0644. The number of hydrogen-bond acceptors (Lipinski definition) is 5. The minimum absolute atomic E-state index is 0.229. The molecule has 1 saturated carbocycles. The van der Waals surface area contributed by atoms with Gasteiger partial charge in [0.15, 0.2) is 12.4 Å². The maximum atomic E-state index is 11.2. The van der Waals surface area contributed by atoms with E-state index in [0.29, 0.717) is 11.7 Å². The lowest BCUT2D eigenvalue weighted by atomic mass is 10.4. The molecule has 0 unspecified atom stereocenters. The Labute approximate surface area is 90.4 Å². The molecule has 2 rings (SSSR count). The summed E-state index contributed by atoms with van der Waals surface area (Å²) in [6.45, 7) is -0.493. The summed E-state index contributed by atoms with van der Waals surface area (Å²) in [5, 5.41) is 8.35. The zero-order chi connectivity index (χ0) is 11.5. The van der Waals surface area contributed by atoms with Crippen LogP contribution in [-0.4, -0.2) is 27.7 Å². The van der Waals surface area contributed by atoms with Crippen molar-refractivity contribution >= 4 is 11.8 Å². The Balaban J connectivity index is 2.02. The summed E-state index contributed by atoms with van der Waals surface area (Å²) < 4.78 is 0. The summed E-state index contributed by atoms with van der Waals surface area (Å²) >= 11 is 0. The Hall–Kier alpha value is -1.89. The maximum Gasteiger partial charge on any atom is 0.332 e. The lowest BCUT2D eigenvalue weighted by Gasteiger charge is -2.05. The largest absolute Gasteiger partial charge is 0.479 e. The summed E-state index contributed by atoms with van der Waals surface area (Å²) in [4.78, 5) is 32.8. The van der Waals surface area contributed by atoms with E-state index < -0.39 is 12.6 Å². The third kappa shape index (κ3) is 2.80. The second-order valence-electron chi connectivity index (χ2n) is 3.57. The molecule has 0 atom stereocenters. The number of H-pyrrole nitrogens is 1. The van der Waals surface area contributed by atoms with Crippen LogP contribution in [0.4, 0.5) is 5.82 Å². The fourth-order valence-electron chi connectivity index (χ4n) is 1.25. The molecule has 86 valence electrons. The van der Waals surface area contributed by atoms with Gasteiger partial charge in [-0.15, -0.1) is 0 Å². The van der Waals surface area contributed by atoms with Gasteiger partial charge in [0.1, 0.15) is 5.82 Å². The molecule has 3 N–H and O–H groups in total. The monoisotopic (exact) mass is 225 g/mol. The van der Waals surface area contributed by atoms with Gasteiger partial charge in [0.2, 0.25) is 0 Å². The molecule has 1 fully saturated rings. The van der Waals surface area contributed by atoms with Crippen molar-refractivity contribution in [2.45, 2.75) is 18.8 Å². The molecule has 1 aromatic heterocycles. The minimum Gasteiger partial charge on any atom is -0.479 e. The number of carbonyl (C=O) groups is 1. The number of hydrogen-bond donors (Lipinski definition) is 3. The van der Waals surface area contributed by atoms with Crippen LogP contribution in [0.1, 0.15) is 24.6 Å². The topological polar surface area (TPSA) is 104 Å². The van der Waals surface area contributed by atoms with Crippen molar-refractivity contribution in [2.24, 2.45) is 0 Å². The first kappa shape index (κ1) is 10.6. The number of rotatable bonds is 5. The second-order valence-corrected chi connectivity index (χ2v) is 3.57. The molecule has 0 saturated heterocycles. The van der Waals surface area contributed by atoms with E-state index >= 15 is 0 Å². The van der Waals surface area contributed by atoms with E-state index in [0.717, 1.165) is 12.8 Å². The Bertz CT molecular complexity index is 452. The zero-order valence-corrected chi connectivity index (χ0v) is 8.40. The number of carboxylic acids is 1. The second kappa shape index (κ2) is 4.31. The van der Waals surface area contributed by atoms with E-state index in [9.17, 15) is 9.59 Å². The van der Waals surface area contributed by atoms with Crippen molar-refractivity contribution in [2.75, 3.05) is 12.1 Å². The molecule has 0 spiro atoms. The van der Waals surface area contributed by atoms with E-state index in [2.05, 4.69) is 20.3 Å². The Morgan fingerprint density at radius 1 is 1.69 bits per heavy atom. The highest BCUT2D eigenvalue weighted by Gasteiger charge is 2.26. The van der Waals surface area contributed by atoms with Crippen LogP contribution < -0.4 is 11.0 Å². The third-order valence-corrected chi connectivity index (χ3v) is 2.10. The van der Waals surface area contributed by atoms with E-state index in [-0.39, 0.29) is 11.4 Å². The van der Waals surface area contributed by atoms with Crippen molar-refractivity contribution in [1.29, 1.82) is 0 Å². The summed E-state index contributed by atoms with van der Waals surface area (Å²) in [7, 11) is 0. The Kier molecular flexibility index (Phi) is 2.86. The Morgan fingerprint density at radius 2 is 2.44 bits per heavy atom. The number of aromatic amines is 1. The van der Waals surface area contributed by atoms with Crippen molar-refractivity contribution in [3.05, 3.63) is 22.2 Å². The average molecular weight is 225 g/mol. The number of aliphatic carboxylic acids is 1. The SMILES string of the molecule is O=C(O)CONc1cc(=O)[nH]c(C2CC2)n1. The van der Waals surface area contributed by atoms with Crippen molar-refractivity contribution in [3.63, 3.8) is 0 Å². The predicted octanol–water partition coefficient (Wildman–Crippen LogP) is 0.0754. The minimum atomic E-state index is -1.10. The highest BCUT2D eigenvalue weighted by Crippen LogP contribution is 2.37. The van der Waals surface area contributed by atoms with Gasteiger partial charge >= 0.3 is 5.97 Å². The van der Waals surface area contributed by atoms with Gasteiger partial charge in [-0.2, -0.15) is 0 Å². The zero-order valence-electron chi connectivity index (χ0n) is 8.40. The molecule has 0 aliphatic heterocycles. The summed E-state index contributed by atoms with van der Waals surface area (Å²) in [6.07, 6.45) is 2.03. The highest BCUT2D eigenvalue weighted by molar-refractivity contribution is 5.68. The van der Waals surface area contributed by atoms with E-state index in [4.69, 9.17) is 5.11 Å². The molecule has 1 aliphatic rings. The van der Waals surface area contributed by atoms with Crippen LogP contribution in [0.15, 0.2) is 10.9 Å². The molecule has 1 aromatic rings. The van der Waals surface area contributed by atoms with Crippen LogP contribution >= 0.6 is 0 Å². The molecule has 0 bridgehead atoms. The number of aromatic nitrogens is 2. The number of anilines is 1. The van der Waals surface area contributed by atoms with E-state index in [1.165, 1.54) is 6.07 Å². The van der Waals surface area contributed by atoms with Crippen LogP contribution in [0.3, 0.4) is 0 Å². The number of carboxylic acid groups (broad SMARTS) is 1. The molecule has 1 heterocycles. The van der Waals surface area contributed by atoms with Crippen molar-refractivity contribution < 1.29 is 14.7 Å². The molecule has 7 heteroatoms. The van der Waals surface area contributed by atoms with Gasteiger partial charge in [-0.3, -0.25) is 9.63 Å². The van der Waals surface area contributed by atoms with Crippen LogP contribution in [0.5, 0.6) is 0 Å². The quantitative estimate of drug-likeness (QED) is 0.613. The van der Waals surface area contributed by atoms with Gasteiger partial charge in [-0.1, -0.05) is 0 Å². The van der Waals surface area contributed by atoms with Gasteiger partial charge in [-0.25, -0.2) is 15.3 Å². The fraction of sp³-hybridized carbons (Fsp3) is 0.444. The molecular weight excluding hydrogens is 214 g/mol. The van der Waals surface area contributed by atoms with Gasteiger partial charge in [0, 0.05) is 12.0 Å². The molecule has 16 heavy (non-hydrogen) atoms. The smallest absolute Gasteiger partial charge is 0.332 e.